The van der Waals surface area contributed by atoms with Gasteiger partial charge in [0.1, 0.15) is 35.6 Å². The van der Waals surface area contributed by atoms with Crippen LogP contribution < -0.4 is 14.5 Å². The fraction of sp³-hybridized carbons (Fsp3) is 0.323. The van der Waals surface area contributed by atoms with E-state index in [1.807, 2.05) is 0 Å². The lowest BCUT2D eigenvalue weighted by Crippen LogP contribution is -2.44. The molecule has 1 aliphatic heterocycles. The molecule has 1 aromatic heterocycles. The normalized spacial score (nSPS) is 14.8. The molecule has 0 radical (unpaired) electrons. The number of anilines is 2. The van der Waals surface area contributed by atoms with Gasteiger partial charge in [-0.25, -0.2) is 8.78 Å². The maximum atomic E-state index is 15.3. The zero-order chi connectivity index (χ0) is 35.6. The molecule has 1 amide bonds. The van der Waals surface area contributed by atoms with E-state index in [9.17, 15) is 35.9 Å². The molecule has 1 aliphatic rings. The van der Waals surface area contributed by atoms with Gasteiger partial charge in [-0.15, -0.1) is 0 Å². The lowest BCUT2D eigenvalue weighted by atomic mass is 10.0. The number of rotatable bonds is 11. The zero-order valence-corrected chi connectivity index (χ0v) is 25.8. The third-order valence-corrected chi connectivity index (χ3v) is 7.57. The first-order chi connectivity index (χ1) is 22.4. The Morgan fingerprint density at radius 3 is 2.31 bits per heavy atom. The molecule has 0 bridgehead atoms. The lowest BCUT2D eigenvalue weighted by molar-refractivity contribution is -0.140. The van der Waals surface area contributed by atoms with Gasteiger partial charge in [-0.2, -0.15) is 31.6 Å². The molecular formula is C31H24F8N4O4S. The van der Waals surface area contributed by atoms with Gasteiger partial charge >= 0.3 is 12.4 Å². The van der Waals surface area contributed by atoms with Gasteiger partial charge in [0.25, 0.3) is 5.91 Å². The minimum atomic E-state index is -5.33. The molecule has 4 rings (SSSR count). The number of aldehydes is 1. The van der Waals surface area contributed by atoms with Crippen molar-refractivity contribution in [3.63, 3.8) is 0 Å². The first kappa shape index (κ1) is 36.2. The Labute approximate surface area is 273 Å². The number of thiocarbonyl (C=S) groups is 1. The number of pyridine rings is 1. The van der Waals surface area contributed by atoms with Crippen LogP contribution in [0.1, 0.15) is 43.4 Å². The van der Waals surface area contributed by atoms with Gasteiger partial charge in [-0.3, -0.25) is 14.7 Å². The second-order valence-electron chi connectivity index (χ2n) is 10.8. The molecular weight excluding hydrogens is 676 g/mol. The molecule has 17 heteroatoms. The largest absolute Gasteiger partial charge is 0.493 e. The van der Waals surface area contributed by atoms with Gasteiger partial charge in [-0.1, -0.05) is 0 Å². The number of aromatic nitrogens is 1. The number of carbonyl (C=O) groups excluding carboxylic acids is 2. The van der Waals surface area contributed by atoms with Gasteiger partial charge in [-0.05, 0) is 69.2 Å². The van der Waals surface area contributed by atoms with E-state index in [1.54, 1.807) is 0 Å². The topological polar surface area (TPSA) is 95.8 Å². The molecule has 2 heterocycles. The SMILES string of the molecule is CC1(C)C(=O)N(c2ccc(C#N)c(C(F)(F)F)c2F)C(=S)N1c1cnc(-c2ccc(OCCCCOCC=O)cc2F)c(C(F)(F)F)c1. The minimum Gasteiger partial charge on any atom is -0.493 e. The summed E-state index contributed by atoms with van der Waals surface area (Å²) in [7, 11) is 0. The minimum absolute atomic E-state index is 0.0294. The standard InChI is InChI=1S/C31H24F8N4O4S/c1-29(2)27(45)42(23-8-5-17(15-40)24(25(23)33)31(37,38)39)28(48)43(29)18-13-21(30(34,35)36)26(41-16-18)20-7-6-19(14-22(20)32)47-11-4-3-10-46-12-9-44/h5-9,13-14,16H,3-4,10-12H2,1-2H3. The summed E-state index contributed by atoms with van der Waals surface area (Å²) in [4.78, 5) is 28.8. The highest BCUT2D eigenvalue weighted by atomic mass is 32.1. The number of halogens is 8. The summed E-state index contributed by atoms with van der Waals surface area (Å²) in [6.45, 7) is 2.78. The average Bonchev–Trinajstić information content (AvgIpc) is 3.17. The Bertz CT molecular complexity index is 1790. The molecule has 8 nitrogen and oxygen atoms in total. The van der Waals surface area contributed by atoms with Crippen molar-refractivity contribution in [3.8, 4) is 23.1 Å². The summed E-state index contributed by atoms with van der Waals surface area (Å²) >= 11 is 5.29. The molecule has 0 unspecified atom stereocenters. The second kappa shape index (κ2) is 13.8. The maximum absolute atomic E-state index is 15.3. The molecule has 0 saturated carbocycles. The highest BCUT2D eigenvalue weighted by Crippen LogP contribution is 2.44. The number of nitrogens with zero attached hydrogens (tertiary/aromatic N) is 4. The van der Waals surface area contributed by atoms with E-state index in [2.05, 4.69) is 4.98 Å². The summed E-state index contributed by atoms with van der Waals surface area (Å²) in [5.41, 5.74) is -9.08. The Morgan fingerprint density at radius 1 is 1.02 bits per heavy atom. The third kappa shape index (κ3) is 7.09. The maximum Gasteiger partial charge on any atom is 0.420 e. The van der Waals surface area contributed by atoms with Crippen LogP contribution in [0.25, 0.3) is 11.3 Å². The summed E-state index contributed by atoms with van der Waals surface area (Å²) in [5.74, 6) is -4.13. The first-order valence-electron chi connectivity index (χ1n) is 13.9. The molecule has 2 aromatic carbocycles. The lowest BCUT2D eigenvalue weighted by Gasteiger charge is -2.30. The molecule has 0 aliphatic carbocycles. The molecule has 48 heavy (non-hydrogen) atoms. The second-order valence-corrected chi connectivity index (χ2v) is 11.1. The molecule has 0 N–H and O–H groups in total. The van der Waals surface area contributed by atoms with Crippen molar-refractivity contribution < 1.29 is 54.2 Å². The van der Waals surface area contributed by atoms with Gasteiger partial charge < -0.3 is 19.2 Å². The van der Waals surface area contributed by atoms with Crippen molar-refractivity contribution >= 4 is 40.9 Å². The van der Waals surface area contributed by atoms with Crippen molar-refractivity contribution in [3.05, 3.63) is 70.9 Å². The van der Waals surface area contributed by atoms with Crippen LogP contribution >= 0.6 is 12.2 Å². The Hall–Kier alpha value is -4.69. The van der Waals surface area contributed by atoms with E-state index in [4.69, 9.17) is 27.0 Å². The molecule has 0 spiro atoms. The summed E-state index contributed by atoms with van der Waals surface area (Å²) < 4.78 is 125. The summed E-state index contributed by atoms with van der Waals surface area (Å²) in [6.07, 6.45) is -7.97. The van der Waals surface area contributed by atoms with Crippen LogP contribution in [-0.4, -0.2) is 47.6 Å². The van der Waals surface area contributed by atoms with E-state index in [1.165, 1.54) is 26.0 Å². The zero-order valence-electron chi connectivity index (χ0n) is 25.0. The number of hydrogen-bond acceptors (Lipinski definition) is 7. The fourth-order valence-corrected chi connectivity index (χ4v) is 5.48. The fourth-order valence-electron chi connectivity index (χ4n) is 4.96. The van der Waals surface area contributed by atoms with E-state index < -0.39 is 79.9 Å². The third-order valence-electron chi connectivity index (χ3n) is 7.20. The van der Waals surface area contributed by atoms with Gasteiger partial charge in [0, 0.05) is 18.2 Å². The molecule has 0 atom stereocenters. The number of carbonyl (C=O) groups is 2. The Balaban J connectivity index is 1.69. The molecule has 1 saturated heterocycles. The summed E-state index contributed by atoms with van der Waals surface area (Å²) in [6, 6.07) is 6.31. The van der Waals surface area contributed by atoms with Crippen LogP contribution in [0.15, 0.2) is 42.6 Å². The van der Waals surface area contributed by atoms with Gasteiger partial charge in [0.2, 0.25) is 0 Å². The predicted octanol–water partition coefficient (Wildman–Crippen LogP) is 7.23. The Morgan fingerprint density at radius 2 is 1.71 bits per heavy atom. The molecule has 1 fully saturated rings. The highest BCUT2D eigenvalue weighted by molar-refractivity contribution is 7.81. The average molecular weight is 701 g/mol. The molecule has 3 aromatic rings. The quantitative estimate of drug-likeness (QED) is 0.0896. The number of unbranched alkanes of at least 4 members (excludes halogenated alkanes) is 1. The first-order valence-corrected chi connectivity index (χ1v) is 14.4. The summed E-state index contributed by atoms with van der Waals surface area (Å²) in [5, 5.41) is 8.40. The van der Waals surface area contributed by atoms with Crippen LogP contribution in [0.2, 0.25) is 0 Å². The van der Waals surface area contributed by atoms with Crippen molar-refractivity contribution in [1.29, 1.82) is 5.26 Å². The van der Waals surface area contributed by atoms with Gasteiger partial charge in [0.15, 0.2) is 10.9 Å². The van der Waals surface area contributed by atoms with E-state index in [0.717, 1.165) is 29.3 Å². The van der Waals surface area contributed by atoms with Crippen molar-refractivity contribution in [2.24, 2.45) is 0 Å². The number of hydrogen-bond donors (Lipinski definition) is 0. The monoisotopic (exact) mass is 700 g/mol. The molecule has 254 valence electrons. The van der Waals surface area contributed by atoms with Crippen LogP contribution in [0.4, 0.5) is 46.5 Å². The van der Waals surface area contributed by atoms with E-state index >= 15 is 8.78 Å². The van der Waals surface area contributed by atoms with E-state index in [0.29, 0.717) is 42.8 Å². The smallest absolute Gasteiger partial charge is 0.420 e. The predicted molar refractivity (Wildman–Crippen MR) is 159 cm³/mol. The van der Waals surface area contributed by atoms with Crippen molar-refractivity contribution in [2.75, 3.05) is 29.6 Å². The highest BCUT2D eigenvalue weighted by Gasteiger charge is 2.52. The number of nitriles is 1. The number of benzene rings is 2. The Kier molecular flexibility index (Phi) is 10.4. The van der Waals surface area contributed by atoms with Crippen LogP contribution in [0, 0.1) is 23.0 Å². The van der Waals surface area contributed by atoms with Crippen LogP contribution in [0.5, 0.6) is 5.75 Å². The van der Waals surface area contributed by atoms with Gasteiger partial charge in [0.05, 0.1) is 47.1 Å². The number of amides is 1. The number of ether oxygens (including phenoxy) is 2. The number of alkyl halides is 6. The van der Waals surface area contributed by atoms with Crippen LogP contribution in [-0.2, 0) is 26.7 Å². The van der Waals surface area contributed by atoms with Crippen molar-refractivity contribution in [1.82, 2.24) is 4.98 Å². The van der Waals surface area contributed by atoms with Crippen molar-refractivity contribution in [2.45, 2.75) is 44.6 Å². The van der Waals surface area contributed by atoms with E-state index in [-0.39, 0.29) is 19.0 Å². The van der Waals surface area contributed by atoms with Crippen LogP contribution in [0.3, 0.4) is 0 Å².